The Labute approximate surface area is 319 Å². The van der Waals surface area contributed by atoms with Gasteiger partial charge in [0.15, 0.2) is 0 Å². The van der Waals surface area contributed by atoms with E-state index in [4.69, 9.17) is 0 Å². The van der Waals surface area contributed by atoms with Crippen LogP contribution in [0.3, 0.4) is 0 Å². The smallest absolute Gasteiger partial charge is 0.257 e. The molecule has 0 fully saturated rings. The van der Waals surface area contributed by atoms with Gasteiger partial charge in [0, 0.05) is 40.1 Å². The molecule has 10 nitrogen and oxygen atoms in total. The first-order valence-corrected chi connectivity index (χ1v) is 19.9. The van der Waals surface area contributed by atoms with Crippen molar-refractivity contribution in [2.24, 2.45) is 0 Å². The molecular weight excluding hydrogens is 754 g/mol. The molecule has 1 heterocycles. The molecule has 0 aliphatic heterocycles. The molecule has 4 aromatic carbocycles. The van der Waals surface area contributed by atoms with Crippen LogP contribution in [0.4, 0.5) is 0 Å². The van der Waals surface area contributed by atoms with E-state index >= 15 is 0 Å². The van der Waals surface area contributed by atoms with Gasteiger partial charge in [0.2, 0.25) is 17.7 Å². The third-order valence-corrected chi connectivity index (χ3v) is 10.7. The van der Waals surface area contributed by atoms with Crippen LogP contribution in [-0.4, -0.2) is 44.2 Å². The second-order valence-corrected chi connectivity index (χ2v) is 15.3. The molecule has 0 aliphatic rings. The maximum Gasteiger partial charge on any atom is 0.257 e. The summed E-state index contributed by atoms with van der Waals surface area (Å²) in [5.74, 6) is -1.71. The zero-order valence-electron chi connectivity index (χ0n) is 29.7. The Morgan fingerprint density at radius 3 is 2.15 bits per heavy atom. The number of para-hydroxylation sites is 1. The number of hydrogen-bond donors (Lipinski definition) is 5. The largest absolute Gasteiger partial charge is 0.357 e. The van der Waals surface area contributed by atoms with E-state index in [2.05, 4.69) is 48.7 Å². The van der Waals surface area contributed by atoms with Crippen LogP contribution in [0.25, 0.3) is 33.3 Å². The van der Waals surface area contributed by atoms with Gasteiger partial charge in [-0.3, -0.25) is 19.8 Å². The Bertz CT molecular complexity index is 2170. The van der Waals surface area contributed by atoms with Crippen LogP contribution < -0.4 is 20.9 Å². The van der Waals surface area contributed by atoms with Crippen molar-refractivity contribution in [3.8, 4) is 22.4 Å². The summed E-state index contributed by atoms with van der Waals surface area (Å²) in [6, 6.07) is 30.5. The van der Waals surface area contributed by atoms with E-state index in [9.17, 15) is 22.8 Å². The summed E-state index contributed by atoms with van der Waals surface area (Å²) in [7, 11) is -2.61. The van der Waals surface area contributed by atoms with Crippen LogP contribution in [0.2, 0.25) is 0 Å². The second kappa shape index (κ2) is 18.6. The van der Waals surface area contributed by atoms with E-state index in [1.807, 2.05) is 78.9 Å². The maximum atomic E-state index is 13.9. The number of carbonyl (C=O) groups is 3. The van der Waals surface area contributed by atoms with Crippen LogP contribution in [0.15, 0.2) is 124 Å². The molecule has 3 amide bonds. The molecule has 5 aromatic rings. The summed E-state index contributed by atoms with van der Waals surface area (Å²) in [5.41, 5.74) is 7.68. The lowest BCUT2D eigenvalue weighted by atomic mass is 9.97. The zero-order valence-corrected chi connectivity index (χ0v) is 32.1. The van der Waals surface area contributed by atoms with Gasteiger partial charge in [0.1, 0.15) is 6.04 Å². The van der Waals surface area contributed by atoms with Crippen LogP contribution in [-0.2, 0) is 30.8 Å². The van der Waals surface area contributed by atoms with Gasteiger partial charge in [0.05, 0.1) is 11.3 Å². The molecule has 0 spiro atoms. The predicted molar refractivity (Wildman–Crippen MR) is 213 cm³/mol. The van der Waals surface area contributed by atoms with Gasteiger partial charge in [-0.25, -0.2) is 8.42 Å². The monoisotopic (exact) mass is 797 g/mol. The normalized spacial score (nSPS) is 12.3. The molecule has 0 saturated carbocycles. The lowest BCUT2D eigenvalue weighted by Crippen LogP contribution is -2.48. The summed E-state index contributed by atoms with van der Waals surface area (Å²) in [6.45, 7) is 2.10. The minimum absolute atomic E-state index is 0.0383. The second-order valence-electron chi connectivity index (χ2n) is 12.7. The molecule has 276 valence electrons. The fourth-order valence-corrected chi connectivity index (χ4v) is 7.19. The molecule has 1 aromatic heterocycles. The Balaban J connectivity index is 1.31. The number of aromatic nitrogens is 1. The number of amides is 3. The number of aromatic amines is 1. The Kier molecular flexibility index (Phi) is 13.8. The van der Waals surface area contributed by atoms with Gasteiger partial charge in [-0.05, 0) is 65.4 Å². The molecule has 0 radical (unpaired) electrons. The van der Waals surface area contributed by atoms with E-state index < -0.39 is 40.2 Å². The maximum absolute atomic E-state index is 13.9. The van der Waals surface area contributed by atoms with Gasteiger partial charge in [-0.15, -0.1) is 4.83 Å². The summed E-state index contributed by atoms with van der Waals surface area (Å²) >= 11 is 3.41. The van der Waals surface area contributed by atoms with Crippen molar-refractivity contribution in [2.45, 2.75) is 62.8 Å². The fourth-order valence-electron chi connectivity index (χ4n) is 6.06. The topological polar surface area (TPSA) is 149 Å². The average Bonchev–Trinajstić information content (AvgIpc) is 3.54. The van der Waals surface area contributed by atoms with Crippen molar-refractivity contribution >= 4 is 54.6 Å². The number of hydrazine groups is 1. The van der Waals surface area contributed by atoms with Crippen molar-refractivity contribution in [2.75, 3.05) is 7.05 Å². The molecular formula is C41H44BrN5O5S. The summed E-state index contributed by atoms with van der Waals surface area (Å²) in [5, 5.41) is 6.46. The number of unbranched alkanes of at least 4 members (excludes halogenated alkanes) is 4. The Morgan fingerprint density at radius 2 is 1.47 bits per heavy atom. The van der Waals surface area contributed by atoms with Crippen LogP contribution >= 0.6 is 15.9 Å². The Morgan fingerprint density at radius 1 is 0.811 bits per heavy atom. The highest BCUT2D eigenvalue weighted by Gasteiger charge is 2.26. The Hall–Kier alpha value is -5.04. The minimum Gasteiger partial charge on any atom is -0.357 e. The van der Waals surface area contributed by atoms with Gasteiger partial charge in [-0.2, -0.15) is 0 Å². The standard InChI is InChI=1S/C41H44BrN5O5S/c1-3-4-5-6-8-15-31(26-38(48)46-47-53(51,52)33-24-20-29(21-25-33)28-18-22-32(42)23-19-28)40(49)45-37(41(50)43-2)27-35-34-16-11-12-17-36(34)44-39(35)30-13-9-7-10-14-30/h7,9-25,37,44,47H,3-6,8,26-27H2,1-2H3,(H,43,50)(H,45,49)(H,46,48)/b31-15+/t37-/m0/s1. The van der Waals surface area contributed by atoms with E-state index in [0.717, 1.165) is 69.0 Å². The predicted octanol–water partition coefficient (Wildman–Crippen LogP) is 7.33. The number of halogens is 1. The number of rotatable bonds is 17. The number of sulfonamides is 1. The quantitative estimate of drug-likeness (QED) is 0.0380. The first kappa shape index (κ1) is 39.2. The fraction of sp³-hybridized carbons (Fsp3) is 0.244. The van der Waals surface area contributed by atoms with Crippen molar-refractivity contribution in [1.29, 1.82) is 0 Å². The number of hydrogen-bond acceptors (Lipinski definition) is 5. The first-order valence-electron chi connectivity index (χ1n) is 17.6. The zero-order chi connectivity index (χ0) is 37.8. The molecule has 0 saturated heterocycles. The number of H-pyrrole nitrogens is 1. The average molecular weight is 799 g/mol. The third-order valence-electron chi connectivity index (χ3n) is 8.91. The molecule has 5 rings (SSSR count). The third kappa shape index (κ3) is 10.5. The van der Waals surface area contributed by atoms with Crippen LogP contribution in [0.1, 0.15) is 51.0 Å². The number of carbonyl (C=O) groups excluding carboxylic acids is 3. The van der Waals surface area contributed by atoms with Crippen molar-refractivity contribution in [3.63, 3.8) is 0 Å². The van der Waals surface area contributed by atoms with E-state index in [0.29, 0.717) is 6.42 Å². The lowest BCUT2D eigenvalue weighted by molar-refractivity contribution is -0.127. The van der Waals surface area contributed by atoms with Crippen molar-refractivity contribution in [1.82, 2.24) is 25.9 Å². The van der Waals surface area contributed by atoms with Gasteiger partial charge >= 0.3 is 0 Å². The number of nitrogens with one attached hydrogen (secondary N) is 5. The minimum atomic E-state index is -4.12. The molecule has 0 unspecified atom stereocenters. The number of fused-ring (bicyclic) bond motifs is 1. The van der Waals surface area contributed by atoms with Crippen molar-refractivity contribution < 1.29 is 22.8 Å². The van der Waals surface area contributed by atoms with E-state index in [1.165, 1.54) is 19.2 Å². The number of allylic oxidation sites excluding steroid dienone is 1. The summed E-state index contributed by atoms with van der Waals surface area (Å²) in [4.78, 5) is 45.9. The highest BCUT2D eigenvalue weighted by molar-refractivity contribution is 9.10. The molecule has 1 atom stereocenters. The van der Waals surface area contributed by atoms with E-state index in [-0.39, 0.29) is 16.9 Å². The van der Waals surface area contributed by atoms with Crippen LogP contribution in [0.5, 0.6) is 0 Å². The molecule has 53 heavy (non-hydrogen) atoms. The highest BCUT2D eigenvalue weighted by Crippen LogP contribution is 2.31. The van der Waals surface area contributed by atoms with E-state index in [1.54, 1.807) is 18.2 Å². The molecule has 0 aliphatic carbocycles. The summed E-state index contributed by atoms with van der Waals surface area (Å²) < 4.78 is 27.1. The first-order chi connectivity index (χ1) is 25.6. The molecule has 0 bridgehead atoms. The SMILES string of the molecule is CCCCCC/C=C(\CC(=O)NNS(=O)(=O)c1ccc(-c2ccc(Br)cc2)cc1)C(=O)N[C@@H](Cc1c(-c2ccccc2)[nH]c2ccccc12)C(=O)NC. The highest BCUT2D eigenvalue weighted by atomic mass is 79.9. The van der Waals surface area contributed by atoms with Crippen molar-refractivity contribution in [3.05, 3.63) is 125 Å². The van der Waals surface area contributed by atoms with Gasteiger partial charge in [0.25, 0.3) is 10.0 Å². The van der Waals surface area contributed by atoms with Crippen LogP contribution in [0, 0.1) is 0 Å². The van der Waals surface area contributed by atoms with Gasteiger partial charge < -0.3 is 15.6 Å². The summed E-state index contributed by atoms with van der Waals surface area (Å²) in [6.07, 6.45) is 5.85. The lowest BCUT2D eigenvalue weighted by Gasteiger charge is -2.19. The number of benzene rings is 4. The number of likely N-dealkylation sites (N-methyl/N-ethyl adjacent to an activating group) is 1. The molecule has 12 heteroatoms. The molecule has 5 N–H and O–H groups in total. The van der Waals surface area contributed by atoms with Gasteiger partial charge in [-0.1, -0.05) is 121 Å².